The molecule has 0 aliphatic heterocycles. The summed E-state index contributed by atoms with van der Waals surface area (Å²) >= 11 is 5.13. The number of hydrogen-bond acceptors (Lipinski definition) is 4. The molecule has 0 aliphatic carbocycles. The number of aromatic nitrogens is 1. The fraction of sp³-hybridized carbons (Fsp3) is 0.412. The second-order valence-corrected chi connectivity index (χ2v) is 7.48. The molecule has 1 heterocycles. The van der Waals surface area contributed by atoms with Gasteiger partial charge in [-0.25, -0.2) is 4.98 Å². The molecule has 23 heavy (non-hydrogen) atoms. The summed E-state index contributed by atoms with van der Waals surface area (Å²) in [6.07, 6.45) is 0.999. The molecule has 0 unspecified atom stereocenters. The molecule has 1 aromatic carbocycles. The first-order valence-corrected chi connectivity index (χ1v) is 9.23. The lowest BCUT2D eigenvalue weighted by Crippen LogP contribution is -2.19. The van der Waals surface area contributed by atoms with Gasteiger partial charge >= 0.3 is 0 Å². The molecule has 1 amide bonds. The lowest BCUT2D eigenvalue weighted by atomic mass is 10.0. The van der Waals surface area contributed by atoms with Gasteiger partial charge < -0.3 is 10.5 Å². The molecule has 2 N–H and O–H groups in total. The summed E-state index contributed by atoms with van der Waals surface area (Å²) < 4.78 is 6.15. The Morgan fingerprint density at radius 3 is 2.43 bits per heavy atom. The summed E-state index contributed by atoms with van der Waals surface area (Å²) in [6, 6.07) is 7.54. The minimum absolute atomic E-state index is 0.111. The Hall–Kier alpha value is -1.40. The van der Waals surface area contributed by atoms with E-state index in [-0.39, 0.29) is 6.61 Å². The number of thiazole rings is 1. The van der Waals surface area contributed by atoms with Crippen molar-refractivity contribution in [3.63, 3.8) is 0 Å². The maximum absolute atomic E-state index is 10.7. The van der Waals surface area contributed by atoms with E-state index < -0.39 is 5.91 Å². The van der Waals surface area contributed by atoms with E-state index in [1.165, 1.54) is 4.88 Å². The van der Waals surface area contributed by atoms with Gasteiger partial charge in [0.15, 0.2) is 10.5 Å². The lowest BCUT2D eigenvalue weighted by Gasteiger charge is -2.07. The molecule has 6 heteroatoms. The maximum atomic E-state index is 10.7. The van der Waals surface area contributed by atoms with Crippen molar-refractivity contribution in [2.75, 3.05) is 6.61 Å². The van der Waals surface area contributed by atoms with Crippen LogP contribution in [0, 0.1) is 5.92 Å². The SMILES string of the molecule is CC.CC(C)Cc1sc(Br)nc1-c1ccc(OCC(N)=O)cc1. The van der Waals surface area contributed by atoms with Crippen LogP contribution in [0.25, 0.3) is 11.3 Å². The Morgan fingerprint density at radius 1 is 1.30 bits per heavy atom. The van der Waals surface area contributed by atoms with Gasteiger partial charge in [-0.15, -0.1) is 11.3 Å². The molecule has 0 fully saturated rings. The summed E-state index contributed by atoms with van der Waals surface area (Å²) in [5.41, 5.74) is 7.10. The zero-order valence-corrected chi connectivity index (χ0v) is 16.3. The van der Waals surface area contributed by atoms with E-state index in [1.54, 1.807) is 11.3 Å². The quantitative estimate of drug-likeness (QED) is 0.768. The largest absolute Gasteiger partial charge is 0.484 e. The number of primary amides is 1. The van der Waals surface area contributed by atoms with Crippen LogP contribution in [0.4, 0.5) is 0 Å². The Labute approximate surface area is 150 Å². The number of benzene rings is 1. The lowest BCUT2D eigenvalue weighted by molar-refractivity contribution is -0.119. The van der Waals surface area contributed by atoms with E-state index >= 15 is 0 Å². The molecule has 4 nitrogen and oxygen atoms in total. The van der Waals surface area contributed by atoms with Crippen molar-refractivity contribution < 1.29 is 9.53 Å². The minimum atomic E-state index is -0.485. The van der Waals surface area contributed by atoms with E-state index in [0.717, 1.165) is 21.6 Å². The number of ether oxygens (including phenoxy) is 1. The van der Waals surface area contributed by atoms with Crippen molar-refractivity contribution in [3.05, 3.63) is 33.1 Å². The van der Waals surface area contributed by atoms with Gasteiger partial charge in [0.1, 0.15) is 5.75 Å². The smallest absolute Gasteiger partial charge is 0.255 e. The van der Waals surface area contributed by atoms with Crippen LogP contribution in [0.15, 0.2) is 28.2 Å². The summed E-state index contributed by atoms with van der Waals surface area (Å²) in [4.78, 5) is 16.5. The van der Waals surface area contributed by atoms with Crippen LogP contribution in [0.3, 0.4) is 0 Å². The van der Waals surface area contributed by atoms with Crippen LogP contribution in [-0.4, -0.2) is 17.5 Å². The molecule has 2 rings (SSSR count). The number of hydrogen-bond donors (Lipinski definition) is 1. The topological polar surface area (TPSA) is 65.2 Å². The van der Waals surface area contributed by atoms with Gasteiger partial charge in [0.05, 0.1) is 5.69 Å². The predicted molar refractivity (Wildman–Crippen MR) is 99.8 cm³/mol. The molecule has 0 spiro atoms. The molecule has 126 valence electrons. The normalized spacial score (nSPS) is 10.2. The molecule has 0 bridgehead atoms. The number of nitrogens with two attached hydrogens (primary N) is 1. The minimum Gasteiger partial charge on any atom is -0.484 e. The van der Waals surface area contributed by atoms with E-state index in [0.29, 0.717) is 11.7 Å². The number of nitrogens with zero attached hydrogens (tertiary/aromatic N) is 1. The average Bonchev–Trinajstić information content (AvgIpc) is 2.87. The summed E-state index contributed by atoms with van der Waals surface area (Å²) in [5.74, 6) is 0.716. The first-order chi connectivity index (χ1) is 11.0. The fourth-order valence-corrected chi connectivity index (χ4v) is 3.70. The molecule has 0 atom stereocenters. The second kappa shape index (κ2) is 9.67. The summed E-state index contributed by atoms with van der Waals surface area (Å²) in [7, 11) is 0. The number of halogens is 1. The fourth-order valence-electron chi connectivity index (χ4n) is 1.92. The Kier molecular flexibility index (Phi) is 8.26. The second-order valence-electron chi connectivity index (χ2n) is 5.12. The highest BCUT2D eigenvalue weighted by atomic mass is 79.9. The zero-order valence-electron chi connectivity index (χ0n) is 13.9. The molecule has 2 aromatic rings. The van der Waals surface area contributed by atoms with Gasteiger partial charge in [-0.05, 0) is 52.5 Å². The van der Waals surface area contributed by atoms with Gasteiger partial charge in [-0.3, -0.25) is 4.79 Å². The molecular weight excluding hydrogens is 376 g/mol. The molecule has 0 saturated carbocycles. The van der Waals surface area contributed by atoms with Crippen LogP contribution < -0.4 is 10.5 Å². The maximum Gasteiger partial charge on any atom is 0.255 e. The molecule has 0 aliphatic rings. The average molecular weight is 399 g/mol. The van der Waals surface area contributed by atoms with E-state index in [4.69, 9.17) is 10.5 Å². The van der Waals surface area contributed by atoms with Crippen molar-refractivity contribution in [1.29, 1.82) is 0 Å². The standard InChI is InChI=1S/C15H17BrN2O2S.C2H6/c1-9(2)7-12-14(18-15(16)21-12)10-3-5-11(6-4-10)20-8-13(17)19;1-2/h3-6,9H,7-8H2,1-2H3,(H2,17,19);1-2H3. The number of rotatable bonds is 6. The Morgan fingerprint density at radius 2 is 1.91 bits per heavy atom. The van der Waals surface area contributed by atoms with Crippen molar-refractivity contribution >= 4 is 33.2 Å². The van der Waals surface area contributed by atoms with Gasteiger partial charge in [0, 0.05) is 10.4 Å². The molecule has 1 aromatic heterocycles. The Bertz CT molecular complexity index is 624. The predicted octanol–water partition coefficient (Wildman–Crippen LogP) is 4.66. The summed E-state index contributed by atoms with van der Waals surface area (Å²) in [6.45, 7) is 8.27. The van der Waals surface area contributed by atoms with Crippen LogP contribution in [0.1, 0.15) is 32.6 Å². The first-order valence-electron chi connectivity index (χ1n) is 7.62. The van der Waals surface area contributed by atoms with E-state index in [2.05, 4.69) is 34.8 Å². The van der Waals surface area contributed by atoms with Gasteiger partial charge in [-0.2, -0.15) is 0 Å². The third-order valence-electron chi connectivity index (χ3n) is 2.77. The number of carbonyl (C=O) groups excluding carboxylic acids is 1. The van der Waals surface area contributed by atoms with E-state index in [9.17, 15) is 4.79 Å². The van der Waals surface area contributed by atoms with Crippen LogP contribution in [0.5, 0.6) is 5.75 Å². The van der Waals surface area contributed by atoms with Gasteiger partial charge in [0.25, 0.3) is 5.91 Å². The third-order valence-corrected chi connectivity index (χ3v) is 4.30. The van der Waals surface area contributed by atoms with Crippen molar-refractivity contribution in [2.45, 2.75) is 34.1 Å². The van der Waals surface area contributed by atoms with Gasteiger partial charge in [-0.1, -0.05) is 27.7 Å². The zero-order chi connectivity index (χ0) is 17.4. The highest BCUT2D eigenvalue weighted by Gasteiger charge is 2.13. The molecular formula is C17H23BrN2O2S. The van der Waals surface area contributed by atoms with E-state index in [1.807, 2.05) is 38.1 Å². The highest BCUT2D eigenvalue weighted by molar-refractivity contribution is 9.11. The first kappa shape index (κ1) is 19.6. The van der Waals surface area contributed by atoms with Crippen LogP contribution in [0.2, 0.25) is 0 Å². The van der Waals surface area contributed by atoms with Crippen molar-refractivity contribution in [3.8, 4) is 17.0 Å². The highest BCUT2D eigenvalue weighted by Crippen LogP contribution is 2.33. The summed E-state index contributed by atoms with van der Waals surface area (Å²) in [5, 5.41) is 0. The van der Waals surface area contributed by atoms with Crippen molar-refractivity contribution in [2.24, 2.45) is 11.7 Å². The molecule has 0 radical (unpaired) electrons. The number of carbonyl (C=O) groups is 1. The Balaban J connectivity index is 0.00000127. The monoisotopic (exact) mass is 398 g/mol. The number of amides is 1. The van der Waals surface area contributed by atoms with Crippen LogP contribution >= 0.6 is 27.3 Å². The molecule has 0 saturated heterocycles. The van der Waals surface area contributed by atoms with Crippen molar-refractivity contribution in [1.82, 2.24) is 4.98 Å². The van der Waals surface area contributed by atoms with Gasteiger partial charge in [0.2, 0.25) is 0 Å². The van der Waals surface area contributed by atoms with Crippen LogP contribution in [-0.2, 0) is 11.2 Å². The third kappa shape index (κ3) is 6.31.